The zero-order chi connectivity index (χ0) is 14.6. The first-order valence-corrected chi connectivity index (χ1v) is 8.48. The summed E-state index contributed by atoms with van der Waals surface area (Å²) in [6.07, 6.45) is 8.82. The van der Waals surface area contributed by atoms with E-state index in [0.717, 1.165) is 13.0 Å². The molecule has 2 rings (SSSR count). The number of halogens is 2. The summed E-state index contributed by atoms with van der Waals surface area (Å²) in [6.45, 7) is 3.10. The second kappa shape index (κ2) is 7.15. The van der Waals surface area contributed by atoms with E-state index in [4.69, 9.17) is 28.9 Å². The van der Waals surface area contributed by atoms with E-state index in [1.165, 1.54) is 44.1 Å². The fourth-order valence-electron chi connectivity index (χ4n) is 3.72. The van der Waals surface area contributed by atoms with Gasteiger partial charge < -0.3 is 5.73 Å². The van der Waals surface area contributed by atoms with Gasteiger partial charge in [-0.05, 0) is 61.3 Å². The van der Waals surface area contributed by atoms with Crippen LogP contribution >= 0.6 is 23.2 Å². The molecule has 0 saturated heterocycles. The molecule has 1 atom stereocenters. The minimum absolute atomic E-state index is 0.279. The van der Waals surface area contributed by atoms with E-state index in [1.54, 1.807) is 0 Å². The van der Waals surface area contributed by atoms with Gasteiger partial charge in [0.15, 0.2) is 0 Å². The molecule has 1 unspecified atom stereocenters. The highest BCUT2D eigenvalue weighted by Gasteiger charge is 2.35. The Bertz CT molecular complexity index is 439. The largest absolute Gasteiger partial charge is 0.330 e. The van der Waals surface area contributed by atoms with Crippen LogP contribution in [-0.2, 0) is 5.41 Å². The van der Waals surface area contributed by atoms with Gasteiger partial charge >= 0.3 is 0 Å². The molecule has 1 aromatic carbocycles. The van der Waals surface area contributed by atoms with Crippen molar-refractivity contribution in [3.63, 3.8) is 0 Å². The van der Waals surface area contributed by atoms with Crippen molar-refractivity contribution in [3.05, 3.63) is 33.8 Å². The maximum absolute atomic E-state index is 6.24. The van der Waals surface area contributed by atoms with Gasteiger partial charge in [0.1, 0.15) is 0 Å². The van der Waals surface area contributed by atoms with Crippen molar-refractivity contribution in [2.75, 3.05) is 6.54 Å². The van der Waals surface area contributed by atoms with Gasteiger partial charge in [-0.3, -0.25) is 0 Å². The quantitative estimate of drug-likeness (QED) is 0.755. The summed E-state index contributed by atoms with van der Waals surface area (Å²) in [4.78, 5) is 0. The summed E-state index contributed by atoms with van der Waals surface area (Å²) in [5.41, 5.74) is 7.37. The van der Waals surface area contributed by atoms with E-state index in [1.807, 2.05) is 6.07 Å². The molecule has 1 aromatic rings. The average molecular weight is 314 g/mol. The Hall–Kier alpha value is -0.240. The first-order valence-electron chi connectivity index (χ1n) is 7.73. The monoisotopic (exact) mass is 313 g/mol. The van der Waals surface area contributed by atoms with Crippen molar-refractivity contribution in [2.24, 2.45) is 11.7 Å². The van der Waals surface area contributed by atoms with Crippen LogP contribution < -0.4 is 5.73 Å². The molecule has 1 fully saturated rings. The molecule has 0 heterocycles. The number of hydrogen-bond donors (Lipinski definition) is 1. The van der Waals surface area contributed by atoms with Gasteiger partial charge in [0, 0.05) is 0 Å². The SMILES string of the molecule is CC(CCN)CC1(c2ccc(Cl)c(Cl)c2)CCCCC1. The number of nitrogens with two attached hydrogens (primary N) is 1. The first-order chi connectivity index (χ1) is 9.57. The fourth-order valence-corrected chi connectivity index (χ4v) is 4.02. The first kappa shape index (κ1) is 16.1. The van der Waals surface area contributed by atoms with E-state index >= 15 is 0 Å². The van der Waals surface area contributed by atoms with Crippen LogP contribution in [0.15, 0.2) is 18.2 Å². The third kappa shape index (κ3) is 3.69. The Morgan fingerprint density at radius 1 is 1.15 bits per heavy atom. The molecule has 3 heteroatoms. The highest BCUT2D eigenvalue weighted by Crippen LogP contribution is 2.45. The van der Waals surface area contributed by atoms with Crippen LogP contribution in [0.3, 0.4) is 0 Å². The van der Waals surface area contributed by atoms with E-state index < -0.39 is 0 Å². The number of benzene rings is 1. The van der Waals surface area contributed by atoms with Crippen LogP contribution in [0, 0.1) is 5.92 Å². The standard InChI is InChI=1S/C17H25Cl2N/c1-13(7-10-20)12-17(8-3-2-4-9-17)14-5-6-15(18)16(19)11-14/h5-6,11,13H,2-4,7-10,12,20H2,1H3. The topological polar surface area (TPSA) is 26.0 Å². The van der Waals surface area contributed by atoms with Crippen molar-refractivity contribution in [3.8, 4) is 0 Å². The van der Waals surface area contributed by atoms with Crippen molar-refractivity contribution in [2.45, 2.75) is 57.3 Å². The minimum Gasteiger partial charge on any atom is -0.330 e. The lowest BCUT2D eigenvalue weighted by Crippen LogP contribution is -2.31. The molecule has 0 radical (unpaired) electrons. The molecule has 0 spiro atoms. The lowest BCUT2D eigenvalue weighted by Gasteiger charge is -2.40. The molecular formula is C17H25Cl2N. The molecule has 0 bridgehead atoms. The number of hydrogen-bond acceptors (Lipinski definition) is 1. The predicted molar refractivity (Wildman–Crippen MR) is 88.7 cm³/mol. The zero-order valence-electron chi connectivity index (χ0n) is 12.3. The van der Waals surface area contributed by atoms with Crippen molar-refractivity contribution in [1.82, 2.24) is 0 Å². The van der Waals surface area contributed by atoms with E-state index in [2.05, 4.69) is 19.1 Å². The molecule has 2 N–H and O–H groups in total. The molecule has 0 aromatic heterocycles. The minimum atomic E-state index is 0.279. The zero-order valence-corrected chi connectivity index (χ0v) is 13.8. The summed E-state index contributed by atoms with van der Waals surface area (Å²) in [5, 5.41) is 1.33. The molecule has 0 amide bonds. The van der Waals surface area contributed by atoms with Crippen molar-refractivity contribution < 1.29 is 0 Å². The van der Waals surface area contributed by atoms with E-state index in [-0.39, 0.29) is 5.41 Å². The smallest absolute Gasteiger partial charge is 0.0595 e. The van der Waals surface area contributed by atoms with Crippen LogP contribution in [0.2, 0.25) is 10.0 Å². The van der Waals surface area contributed by atoms with Gasteiger partial charge in [0.25, 0.3) is 0 Å². The van der Waals surface area contributed by atoms with Crippen LogP contribution in [0.1, 0.15) is 57.4 Å². The lowest BCUT2D eigenvalue weighted by atomic mass is 9.65. The molecule has 1 aliphatic carbocycles. The summed E-state index contributed by atoms with van der Waals surface area (Å²) >= 11 is 12.3. The highest BCUT2D eigenvalue weighted by atomic mass is 35.5. The van der Waals surface area contributed by atoms with Crippen LogP contribution in [0.4, 0.5) is 0 Å². The van der Waals surface area contributed by atoms with Crippen molar-refractivity contribution >= 4 is 23.2 Å². The Labute approximate surface area is 132 Å². The summed E-state index contributed by atoms with van der Waals surface area (Å²) in [7, 11) is 0. The molecule has 112 valence electrons. The average Bonchev–Trinajstić information content (AvgIpc) is 2.43. The third-order valence-electron chi connectivity index (χ3n) is 4.74. The fraction of sp³-hybridized carbons (Fsp3) is 0.647. The van der Waals surface area contributed by atoms with Gasteiger partial charge in [-0.15, -0.1) is 0 Å². The van der Waals surface area contributed by atoms with Gasteiger partial charge in [-0.1, -0.05) is 55.5 Å². The molecule has 1 aliphatic rings. The second-order valence-electron chi connectivity index (χ2n) is 6.36. The van der Waals surface area contributed by atoms with Gasteiger partial charge in [-0.25, -0.2) is 0 Å². The Kier molecular flexibility index (Phi) is 5.77. The summed E-state index contributed by atoms with van der Waals surface area (Å²) in [6, 6.07) is 6.21. The van der Waals surface area contributed by atoms with Gasteiger partial charge in [0.2, 0.25) is 0 Å². The highest BCUT2D eigenvalue weighted by molar-refractivity contribution is 6.42. The van der Waals surface area contributed by atoms with E-state index in [0.29, 0.717) is 16.0 Å². The third-order valence-corrected chi connectivity index (χ3v) is 5.48. The Balaban J connectivity index is 2.27. The Morgan fingerprint density at radius 2 is 1.85 bits per heavy atom. The maximum atomic E-state index is 6.24. The molecule has 1 saturated carbocycles. The summed E-state index contributed by atoms with van der Waals surface area (Å²) in [5.74, 6) is 0.660. The van der Waals surface area contributed by atoms with Crippen molar-refractivity contribution in [1.29, 1.82) is 0 Å². The molecule has 0 aliphatic heterocycles. The predicted octanol–water partition coefficient (Wildman–Crippen LogP) is 5.57. The summed E-state index contributed by atoms with van der Waals surface area (Å²) < 4.78 is 0. The van der Waals surface area contributed by atoms with Gasteiger partial charge in [-0.2, -0.15) is 0 Å². The van der Waals surface area contributed by atoms with Gasteiger partial charge in [0.05, 0.1) is 10.0 Å². The second-order valence-corrected chi connectivity index (χ2v) is 7.17. The maximum Gasteiger partial charge on any atom is 0.0595 e. The van der Waals surface area contributed by atoms with E-state index in [9.17, 15) is 0 Å². The lowest BCUT2D eigenvalue weighted by molar-refractivity contribution is 0.234. The Morgan fingerprint density at radius 3 is 2.45 bits per heavy atom. The molecular weight excluding hydrogens is 289 g/mol. The van der Waals surface area contributed by atoms with Crippen LogP contribution in [-0.4, -0.2) is 6.54 Å². The van der Waals surface area contributed by atoms with Crippen LogP contribution in [0.5, 0.6) is 0 Å². The number of rotatable bonds is 5. The normalized spacial score (nSPS) is 19.8. The van der Waals surface area contributed by atoms with Crippen LogP contribution in [0.25, 0.3) is 0 Å². The molecule has 20 heavy (non-hydrogen) atoms. The molecule has 1 nitrogen and oxygen atoms in total.